The standard InChI is InChI=1S/C14H11ClFNO6S/c15-13-6-1-10(17(18)19)9-14(13)23-8-7-22-11-2-4-12(5-3-11)24(16,20)21/h1-6,9H,7-8H2. The second-order valence-electron chi connectivity index (χ2n) is 4.48. The Morgan fingerprint density at radius 1 is 1.08 bits per heavy atom. The minimum Gasteiger partial charge on any atom is -0.490 e. The predicted octanol–water partition coefficient (Wildman–Crippen LogP) is 3.36. The first-order valence-corrected chi connectivity index (χ1v) is 8.28. The van der Waals surface area contributed by atoms with E-state index in [1.807, 2.05) is 0 Å². The highest BCUT2D eigenvalue weighted by atomic mass is 35.5. The number of halogens is 2. The lowest BCUT2D eigenvalue weighted by atomic mass is 10.3. The van der Waals surface area contributed by atoms with Crippen LogP contribution in [-0.4, -0.2) is 26.6 Å². The normalized spacial score (nSPS) is 11.1. The Hall–Kier alpha value is -2.39. The van der Waals surface area contributed by atoms with E-state index < -0.39 is 20.0 Å². The summed E-state index contributed by atoms with van der Waals surface area (Å²) in [5, 5.41) is 10.9. The van der Waals surface area contributed by atoms with Crippen molar-refractivity contribution in [2.45, 2.75) is 4.90 Å². The van der Waals surface area contributed by atoms with Gasteiger partial charge >= 0.3 is 10.2 Å². The van der Waals surface area contributed by atoms with Crippen molar-refractivity contribution in [3.8, 4) is 11.5 Å². The fraction of sp³-hybridized carbons (Fsp3) is 0.143. The Labute approximate surface area is 141 Å². The van der Waals surface area contributed by atoms with Gasteiger partial charge in [-0.05, 0) is 30.3 Å². The van der Waals surface area contributed by atoms with Crippen LogP contribution in [0.1, 0.15) is 0 Å². The maximum Gasteiger partial charge on any atom is 0.332 e. The lowest BCUT2D eigenvalue weighted by Crippen LogP contribution is -2.09. The summed E-state index contributed by atoms with van der Waals surface area (Å²) in [5.41, 5.74) is -0.154. The number of ether oxygens (including phenoxy) is 2. The molecule has 0 unspecified atom stereocenters. The van der Waals surface area contributed by atoms with Gasteiger partial charge in [-0.3, -0.25) is 10.1 Å². The van der Waals surface area contributed by atoms with E-state index in [1.165, 1.54) is 30.3 Å². The lowest BCUT2D eigenvalue weighted by molar-refractivity contribution is -0.384. The highest BCUT2D eigenvalue weighted by Gasteiger charge is 2.12. The summed E-state index contributed by atoms with van der Waals surface area (Å²) < 4.78 is 44.7. The third kappa shape index (κ3) is 4.80. The second kappa shape index (κ2) is 7.45. The summed E-state index contributed by atoms with van der Waals surface area (Å²) in [6.07, 6.45) is 0. The summed E-state index contributed by atoms with van der Waals surface area (Å²) in [6.45, 7) is 0.116. The number of hydrogen-bond acceptors (Lipinski definition) is 6. The van der Waals surface area contributed by atoms with Crippen LogP contribution in [0.2, 0.25) is 5.02 Å². The van der Waals surface area contributed by atoms with Crippen molar-refractivity contribution in [1.82, 2.24) is 0 Å². The Morgan fingerprint density at radius 2 is 1.71 bits per heavy atom. The van der Waals surface area contributed by atoms with Crippen LogP contribution in [0.5, 0.6) is 11.5 Å². The van der Waals surface area contributed by atoms with Gasteiger partial charge in [0.25, 0.3) is 5.69 Å². The van der Waals surface area contributed by atoms with Crippen molar-refractivity contribution in [3.05, 3.63) is 57.6 Å². The van der Waals surface area contributed by atoms with E-state index in [2.05, 4.69) is 0 Å². The van der Waals surface area contributed by atoms with E-state index in [0.717, 1.165) is 12.1 Å². The van der Waals surface area contributed by atoms with Crippen LogP contribution in [0.15, 0.2) is 47.4 Å². The molecule has 0 heterocycles. The van der Waals surface area contributed by atoms with E-state index >= 15 is 0 Å². The van der Waals surface area contributed by atoms with Crippen LogP contribution in [0, 0.1) is 10.1 Å². The first kappa shape index (κ1) is 18.0. The van der Waals surface area contributed by atoms with Crippen molar-refractivity contribution in [3.63, 3.8) is 0 Å². The van der Waals surface area contributed by atoms with Gasteiger partial charge in [-0.25, -0.2) is 0 Å². The molecule has 0 aliphatic heterocycles. The number of rotatable bonds is 7. The van der Waals surface area contributed by atoms with Crippen LogP contribution < -0.4 is 9.47 Å². The molecule has 0 atom stereocenters. The molecule has 0 aromatic heterocycles. The van der Waals surface area contributed by atoms with Gasteiger partial charge in [-0.15, -0.1) is 3.89 Å². The molecule has 24 heavy (non-hydrogen) atoms. The number of benzene rings is 2. The summed E-state index contributed by atoms with van der Waals surface area (Å²) in [4.78, 5) is 9.66. The number of nitrogens with zero attached hydrogens (tertiary/aromatic N) is 1. The molecule has 2 aromatic carbocycles. The zero-order valence-corrected chi connectivity index (χ0v) is 13.6. The quantitative estimate of drug-likeness (QED) is 0.318. The minimum atomic E-state index is -4.75. The highest BCUT2D eigenvalue weighted by Crippen LogP contribution is 2.28. The first-order chi connectivity index (χ1) is 11.3. The summed E-state index contributed by atoms with van der Waals surface area (Å²) in [7, 11) is -4.75. The van der Waals surface area contributed by atoms with Crippen LogP contribution >= 0.6 is 11.6 Å². The summed E-state index contributed by atoms with van der Waals surface area (Å²) in [6, 6.07) is 8.55. The topological polar surface area (TPSA) is 95.7 Å². The number of nitro groups is 1. The molecule has 0 spiro atoms. The molecule has 10 heteroatoms. The zero-order valence-electron chi connectivity index (χ0n) is 12.0. The molecule has 2 aromatic rings. The Bertz CT molecular complexity index is 841. The van der Waals surface area contributed by atoms with Gasteiger partial charge in [-0.1, -0.05) is 11.6 Å². The third-order valence-corrected chi connectivity index (χ3v) is 3.99. The van der Waals surface area contributed by atoms with E-state index in [0.29, 0.717) is 5.75 Å². The van der Waals surface area contributed by atoms with Crippen LogP contribution in [-0.2, 0) is 10.2 Å². The number of nitro benzene ring substituents is 1. The average molecular weight is 376 g/mol. The van der Waals surface area contributed by atoms with Gasteiger partial charge in [0.1, 0.15) is 24.7 Å². The average Bonchev–Trinajstić information content (AvgIpc) is 2.52. The monoisotopic (exact) mass is 375 g/mol. The maximum atomic E-state index is 12.7. The maximum absolute atomic E-state index is 12.7. The molecule has 0 aliphatic rings. The van der Waals surface area contributed by atoms with Gasteiger partial charge in [-0.2, -0.15) is 8.42 Å². The molecule has 128 valence electrons. The van der Waals surface area contributed by atoms with Gasteiger partial charge in [0, 0.05) is 6.07 Å². The Morgan fingerprint density at radius 3 is 2.29 bits per heavy atom. The third-order valence-electron chi connectivity index (χ3n) is 2.84. The molecule has 0 amide bonds. The molecule has 7 nitrogen and oxygen atoms in total. The van der Waals surface area contributed by atoms with E-state index in [4.69, 9.17) is 21.1 Å². The molecule has 0 aliphatic carbocycles. The van der Waals surface area contributed by atoms with Crippen molar-refractivity contribution in [2.24, 2.45) is 0 Å². The predicted molar refractivity (Wildman–Crippen MR) is 83.8 cm³/mol. The van der Waals surface area contributed by atoms with Gasteiger partial charge in [0.15, 0.2) is 0 Å². The molecule has 0 fully saturated rings. The van der Waals surface area contributed by atoms with E-state index in [-0.39, 0.29) is 29.7 Å². The summed E-state index contributed by atoms with van der Waals surface area (Å²) in [5.74, 6) is 0.462. The highest BCUT2D eigenvalue weighted by molar-refractivity contribution is 7.86. The van der Waals surface area contributed by atoms with Gasteiger partial charge in [0.05, 0.1) is 20.9 Å². The second-order valence-corrected chi connectivity index (χ2v) is 6.23. The van der Waals surface area contributed by atoms with E-state index in [1.54, 1.807) is 0 Å². The van der Waals surface area contributed by atoms with Crippen LogP contribution in [0.3, 0.4) is 0 Å². The minimum absolute atomic E-state index is 0.0457. The van der Waals surface area contributed by atoms with Crippen molar-refractivity contribution in [2.75, 3.05) is 13.2 Å². The van der Waals surface area contributed by atoms with Crippen LogP contribution in [0.4, 0.5) is 9.57 Å². The van der Waals surface area contributed by atoms with E-state index in [9.17, 15) is 22.4 Å². The lowest BCUT2D eigenvalue weighted by Gasteiger charge is -2.09. The Kier molecular flexibility index (Phi) is 5.58. The molecule has 0 saturated carbocycles. The molecular weight excluding hydrogens is 365 g/mol. The molecule has 0 bridgehead atoms. The van der Waals surface area contributed by atoms with Crippen molar-refractivity contribution in [1.29, 1.82) is 0 Å². The fourth-order valence-corrected chi connectivity index (χ4v) is 2.36. The first-order valence-electron chi connectivity index (χ1n) is 6.51. The molecule has 2 rings (SSSR count). The molecular formula is C14H11ClFNO6S. The smallest absolute Gasteiger partial charge is 0.332 e. The number of non-ortho nitro benzene ring substituents is 1. The molecule has 0 radical (unpaired) electrons. The van der Waals surface area contributed by atoms with Gasteiger partial charge < -0.3 is 9.47 Å². The molecule has 0 N–H and O–H groups in total. The van der Waals surface area contributed by atoms with Gasteiger partial charge in [0.2, 0.25) is 0 Å². The SMILES string of the molecule is O=[N+]([O-])c1ccc(Cl)c(OCCOc2ccc(S(=O)(=O)F)cc2)c1. The van der Waals surface area contributed by atoms with Crippen LogP contribution in [0.25, 0.3) is 0 Å². The zero-order chi connectivity index (χ0) is 17.7. The largest absolute Gasteiger partial charge is 0.490 e. The Balaban J connectivity index is 1.89. The summed E-state index contributed by atoms with van der Waals surface area (Å²) >= 11 is 5.88. The fourth-order valence-electron chi connectivity index (χ4n) is 1.73. The number of hydrogen-bond donors (Lipinski definition) is 0. The van der Waals surface area contributed by atoms with Crippen molar-refractivity contribution >= 4 is 27.5 Å². The van der Waals surface area contributed by atoms with Crippen molar-refractivity contribution < 1.29 is 26.7 Å². The molecule has 0 saturated heterocycles.